The molecule has 0 aliphatic rings. The Morgan fingerprint density at radius 3 is 2.89 bits per heavy atom. The summed E-state index contributed by atoms with van der Waals surface area (Å²) in [5.74, 6) is -0.372. The van der Waals surface area contributed by atoms with Gasteiger partial charge >= 0.3 is 5.97 Å². The van der Waals surface area contributed by atoms with Crippen molar-refractivity contribution < 1.29 is 9.53 Å². The average molecular weight is 242 g/mol. The Kier molecular flexibility index (Phi) is 3.57. The third-order valence-corrected chi connectivity index (χ3v) is 2.69. The molecule has 2 aromatic rings. The zero-order chi connectivity index (χ0) is 13.0. The molecule has 1 heterocycles. The van der Waals surface area contributed by atoms with Crippen LogP contribution in [0.5, 0.6) is 0 Å². The van der Waals surface area contributed by atoms with Crippen LogP contribution in [-0.4, -0.2) is 11.0 Å². The lowest BCUT2D eigenvalue weighted by molar-refractivity contribution is 0.0471. The van der Waals surface area contributed by atoms with Crippen LogP contribution in [0.2, 0.25) is 0 Å². The van der Waals surface area contributed by atoms with Gasteiger partial charge in [0.1, 0.15) is 6.61 Å². The van der Waals surface area contributed by atoms with Crippen molar-refractivity contribution in [2.45, 2.75) is 13.5 Å². The summed E-state index contributed by atoms with van der Waals surface area (Å²) >= 11 is 0. The van der Waals surface area contributed by atoms with Crippen LogP contribution in [0.15, 0.2) is 42.7 Å². The molecule has 0 atom stereocenters. The molecule has 4 nitrogen and oxygen atoms in total. The predicted octanol–water partition coefficient (Wildman–Crippen LogP) is 2.33. The lowest BCUT2D eigenvalue weighted by Gasteiger charge is -2.08. The van der Waals surface area contributed by atoms with Gasteiger partial charge in [-0.3, -0.25) is 4.98 Å². The fraction of sp³-hybridized carbons (Fsp3) is 0.143. The van der Waals surface area contributed by atoms with Crippen LogP contribution in [0.3, 0.4) is 0 Å². The minimum absolute atomic E-state index is 0.209. The lowest BCUT2D eigenvalue weighted by Crippen LogP contribution is -2.08. The van der Waals surface area contributed by atoms with E-state index in [0.29, 0.717) is 11.3 Å². The minimum atomic E-state index is -0.372. The smallest absolute Gasteiger partial charge is 0.338 e. The van der Waals surface area contributed by atoms with E-state index < -0.39 is 0 Å². The number of esters is 1. The Labute approximate surface area is 105 Å². The molecular formula is C14H14N2O2. The predicted molar refractivity (Wildman–Crippen MR) is 68.9 cm³/mol. The number of carbonyl (C=O) groups is 1. The van der Waals surface area contributed by atoms with Crippen molar-refractivity contribution in [3.8, 4) is 0 Å². The molecule has 0 aliphatic heterocycles. The molecule has 2 rings (SSSR count). The molecule has 2 N–H and O–H groups in total. The summed E-state index contributed by atoms with van der Waals surface area (Å²) in [6.07, 6.45) is 3.34. The molecular weight excluding hydrogens is 228 g/mol. The van der Waals surface area contributed by atoms with Crippen molar-refractivity contribution in [3.63, 3.8) is 0 Å². The number of nitrogens with two attached hydrogens (primary N) is 1. The molecule has 0 spiro atoms. The molecule has 0 unspecified atom stereocenters. The number of hydrogen-bond donors (Lipinski definition) is 1. The number of rotatable bonds is 3. The molecule has 0 saturated carbocycles. The first-order chi connectivity index (χ1) is 8.68. The number of carbonyl (C=O) groups excluding carboxylic acids is 1. The van der Waals surface area contributed by atoms with E-state index >= 15 is 0 Å². The Hall–Kier alpha value is -2.36. The van der Waals surface area contributed by atoms with E-state index in [-0.39, 0.29) is 12.6 Å². The van der Waals surface area contributed by atoms with Crippen molar-refractivity contribution in [1.82, 2.24) is 4.98 Å². The van der Waals surface area contributed by atoms with Crippen LogP contribution in [0.25, 0.3) is 0 Å². The maximum atomic E-state index is 11.9. The Balaban J connectivity index is 2.07. The fourth-order valence-corrected chi connectivity index (χ4v) is 1.58. The van der Waals surface area contributed by atoms with Crippen LogP contribution in [-0.2, 0) is 11.3 Å². The van der Waals surface area contributed by atoms with Gasteiger partial charge in [0.05, 0.1) is 5.56 Å². The molecule has 0 amide bonds. The van der Waals surface area contributed by atoms with Gasteiger partial charge in [-0.15, -0.1) is 0 Å². The standard InChI is InChI=1S/C14H14N2O2/c1-10-12(5-2-6-13(10)15)14(17)18-9-11-4-3-7-16-8-11/h2-8H,9,15H2,1H3. The Morgan fingerprint density at radius 2 is 2.17 bits per heavy atom. The highest BCUT2D eigenvalue weighted by molar-refractivity contribution is 5.92. The SMILES string of the molecule is Cc1c(N)cccc1C(=O)OCc1cccnc1. The average Bonchev–Trinajstić information content (AvgIpc) is 2.40. The summed E-state index contributed by atoms with van der Waals surface area (Å²) in [5, 5.41) is 0. The lowest BCUT2D eigenvalue weighted by atomic mass is 10.1. The van der Waals surface area contributed by atoms with Crippen molar-refractivity contribution >= 4 is 11.7 Å². The number of ether oxygens (including phenoxy) is 1. The maximum absolute atomic E-state index is 11.9. The second-order valence-electron chi connectivity index (χ2n) is 3.96. The monoisotopic (exact) mass is 242 g/mol. The summed E-state index contributed by atoms with van der Waals surface area (Å²) in [4.78, 5) is 15.8. The number of pyridine rings is 1. The molecule has 18 heavy (non-hydrogen) atoms. The van der Waals surface area contributed by atoms with Crippen LogP contribution >= 0.6 is 0 Å². The first-order valence-corrected chi connectivity index (χ1v) is 5.59. The quantitative estimate of drug-likeness (QED) is 0.662. The molecule has 0 bridgehead atoms. The summed E-state index contributed by atoms with van der Waals surface area (Å²) in [6.45, 7) is 2.01. The first-order valence-electron chi connectivity index (χ1n) is 5.59. The van der Waals surface area contributed by atoms with Gasteiger partial charge in [-0.2, -0.15) is 0 Å². The largest absolute Gasteiger partial charge is 0.457 e. The van der Waals surface area contributed by atoms with E-state index in [1.807, 2.05) is 6.07 Å². The highest BCUT2D eigenvalue weighted by atomic mass is 16.5. The fourth-order valence-electron chi connectivity index (χ4n) is 1.58. The maximum Gasteiger partial charge on any atom is 0.338 e. The van der Waals surface area contributed by atoms with E-state index in [1.54, 1.807) is 43.6 Å². The zero-order valence-electron chi connectivity index (χ0n) is 10.1. The van der Waals surface area contributed by atoms with Gasteiger partial charge in [-0.1, -0.05) is 12.1 Å². The third kappa shape index (κ3) is 2.66. The number of anilines is 1. The molecule has 1 aromatic carbocycles. The van der Waals surface area contributed by atoms with Crippen molar-refractivity contribution in [2.24, 2.45) is 0 Å². The molecule has 0 aliphatic carbocycles. The Bertz CT molecular complexity index is 553. The van der Waals surface area contributed by atoms with E-state index in [2.05, 4.69) is 4.98 Å². The number of hydrogen-bond acceptors (Lipinski definition) is 4. The Morgan fingerprint density at radius 1 is 1.33 bits per heavy atom. The van der Waals surface area contributed by atoms with Crippen LogP contribution < -0.4 is 5.73 Å². The van der Waals surface area contributed by atoms with Crippen LogP contribution in [0.4, 0.5) is 5.69 Å². The molecule has 0 radical (unpaired) electrons. The number of aromatic nitrogens is 1. The summed E-state index contributed by atoms with van der Waals surface area (Å²) < 4.78 is 5.22. The molecule has 4 heteroatoms. The van der Waals surface area contributed by atoms with Gasteiger partial charge < -0.3 is 10.5 Å². The molecule has 92 valence electrons. The van der Waals surface area contributed by atoms with E-state index in [4.69, 9.17) is 10.5 Å². The van der Waals surface area contributed by atoms with E-state index in [1.165, 1.54) is 0 Å². The highest BCUT2D eigenvalue weighted by Gasteiger charge is 2.11. The molecule has 0 saturated heterocycles. The van der Waals surface area contributed by atoms with Gasteiger partial charge in [0.25, 0.3) is 0 Å². The van der Waals surface area contributed by atoms with E-state index in [0.717, 1.165) is 11.1 Å². The van der Waals surface area contributed by atoms with Gasteiger partial charge in [0.15, 0.2) is 0 Å². The van der Waals surface area contributed by atoms with E-state index in [9.17, 15) is 4.79 Å². The van der Waals surface area contributed by atoms with Gasteiger partial charge in [0, 0.05) is 23.6 Å². The van der Waals surface area contributed by atoms with Gasteiger partial charge in [-0.25, -0.2) is 4.79 Å². The third-order valence-electron chi connectivity index (χ3n) is 2.69. The first kappa shape index (κ1) is 12.1. The topological polar surface area (TPSA) is 65.2 Å². The van der Waals surface area contributed by atoms with Crippen molar-refractivity contribution in [2.75, 3.05) is 5.73 Å². The van der Waals surface area contributed by atoms with Gasteiger partial charge in [0.2, 0.25) is 0 Å². The summed E-state index contributed by atoms with van der Waals surface area (Å²) in [7, 11) is 0. The summed E-state index contributed by atoms with van der Waals surface area (Å²) in [6, 6.07) is 8.86. The zero-order valence-corrected chi connectivity index (χ0v) is 10.1. The normalized spacial score (nSPS) is 10.1. The second kappa shape index (κ2) is 5.31. The van der Waals surface area contributed by atoms with Crippen molar-refractivity contribution in [3.05, 3.63) is 59.4 Å². The highest BCUT2D eigenvalue weighted by Crippen LogP contribution is 2.16. The molecule has 1 aromatic heterocycles. The minimum Gasteiger partial charge on any atom is -0.457 e. The second-order valence-corrected chi connectivity index (χ2v) is 3.96. The van der Waals surface area contributed by atoms with Crippen LogP contribution in [0, 0.1) is 6.92 Å². The molecule has 0 fully saturated rings. The number of benzene rings is 1. The van der Waals surface area contributed by atoms with Crippen molar-refractivity contribution in [1.29, 1.82) is 0 Å². The number of nitrogens with zero attached hydrogens (tertiary/aromatic N) is 1. The van der Waals surface area contributed by atoms with Crippen LogP contribution in [0.1, 0.15) is 21.5 Å². The number of nitrogen functional groups attached to an aromatic ring is 1. The van der Waals surface area contributed by atoms with Gasteiger partial charge in [-0.05, 0) is 30.7 Å². The summed E-state index contributed by atoms with van der Waals surface area (Å²) in [5.41, 5.74) is 8.43.